The van der Waals surface area contributed by atoms with Crippen LogP contribution in [0.1, 0.15) is 5.56 Å². The molecular formula is C11H11BrN2. The molecule has 0 unspecified atom stereocenters. The normalized spacial score (nSPS) is 10.9. The molecule has 0 aliphatic heterocycles. The maximum Gasteiger partial charge on any atom is 0.101 e. The van der Waals surface area contributed by atoms with Crippen LogP contribution in [0.4, 0.5) is 0 Å². The van der Waals surface area contributed by atoms with Gasteiger partial charge in [0, 0.05) is 24.8 Å². The fourth-order valence-electron chi connectivity index (χ4n) is 1.06. The molecule has 0 aliphatic carbocycles. The molecule has 0 aliphatic rings. The highest BCUT2D eigenvalue weighted by Crippen LogP contribution is 2.17. The van der Waals surface area contributed by atoms with Crippen molar-refractivity contribution in [3.05, 3.63) is 40.5 Å². The average molecular weight is 251 g/mol. The first-order valence-electron chi connectivity index (χ1n) is 4.18. The second-order valence-corrected chi connectivity index (χ2v) is 4.04. The molecule has 2 nitrogen and oxygen atoms in total. The van der Waals surface area contributed by atoms with Crippen LogP contribution >= 0.6 is 15.9 Å². The monoisotopic (exact) mass is 250 g/mol. The summed E-state index contributed by atoms with van der Waals surface area (Å²) >= 11 is 3.35. The minimum Gasteiger partial charge on any atom is -0.382 e. The number of hydrogen-bond acceptors (Lipinski definition) is 2. The van der Waals surface area contributed by atoms with Gasteiger partial charge in [-0.1, -0.05) is 28.1 Å². The summed E-state index contributed by atoms with van der Waals surface area (Å²) in [5.41, 5.74) is 1.60. The topological polar surface area (TPSA) is 27.0 Å². The Bertz CT molecular complexity index is 371. The Morgan fingerprint density at radius 3 is 2.36 bits per heavy atom. The molecule has 1 aromatic rings. The number of nitriles is 1. The van der Waals surface area contributed by atoms with Gasteiger partial charge in [0.05, 0.1) is 5.57 Å². The van der Waals surface area contributed by atoms with Crippen LogP contribution < -0.4 is 0 Å². The molecule has 0 N–H and O–H groups in total. The van der Waals surface area contributed by atoms with Gasteiger partial charge in [-0.15, -0.1) is 0 Å². The first-order chi connectivity index (χ1) is 6.63. The van der Waals surface area contributed by atoms with Crippen LogP contribution in [0, 0.1) is 11.3 Å². The van der Waals surface area contributed by atoms with Gasteiger partial charge in [0.1, 0.15) is 6.07 Å². The van der Waals surface area contributed by atoms with Crippen molar-refractivity contribution in [3.8, 4) is 6.07 Å². The van der Waals surface area contributed by atoms with Gasteiger partial charge in [-0.2, -0.15) is 5.26 Å². The quantitative estimate of drug-likeness (QED) is 0.755. The molecule has 3 heteroatoms. The standard InChI is InChI=1S/C11H11BrN2/c1-14(2)8-10(7-13)9-3-5-11(12)6-4-9/h3-6,8H,1-2H3/b10-8+. The van der Waals surface area contributed by atoms with Gasteiger partial charge in [-0.3, -0.25) is 0 Å². The summed E-state index contributed by atoms with van der Waals surface area (Å²) in [4.78, 5) is 1.86. The Kier molecular flexibility index (Phi) is 3.73. The van der Waals surface area contributed by atoms with Crippen LogP contribution in [0.25, 0.3) is 5.57 Å². The molecule has 0 spiro atoms. The van der Waals surface area contributed by atoms with Gasteiger partial charge in [-0.05, 0) is 17.7 Å². The molecular weight excluding hydrogens is 240 g/mol. The molecule has 72 valence electrons. The van der Waals surface area contributed by atoms with Crippen molar-refractivity contribution in [3.63, 3.8) is 0 Å². The molecule has 0 saturated heterocycles. The maximum absolute atomic E-state index is 8.94. The van der Waals surface area contributed by atoms with E-state index in [1.807, 2.05) is 49.5 Å². The number of nitrogens with zero attached hydrogens (tertiary/aromatic N) is 2. The summed E-state index contributed by atoms with van der Waals surface area (Å²) in [7, 11) is 3.80. The summed E-state index contributed by atoms with van der Waals surface area (Å²) in [5.74, 6) is 0. The Morgan fingerprint density at radius 2 is 1.93 bits per heavy atom. The zero-order chi connectivity index (χ0) is 10.6. The highest BCUT2D eigenvalue weighted by molar-refractivity contribution is 9.10. The molecule has 0 heterocycles. The zero-order valence-corrected chi connectivity index (χ0v) is 9.75. The molecule has 0 bridgehead atoms. The number of rotatable bonds is 2. The summed E-state index contributed by atoms with van der Waals surface area (Å²) < 4.78 is 1.02. The molecule has 0 atom stereocenters. The highest BCUT2D eigenvalue weighted by atomic mass is 79.9. The lowest BCUT2D eigenvalue weighted by molar-refractivity contribution is 0.566. The smallest absolute Gasteiger partial charge is 0.101 e. The largest absolute Gasteiger partial charge is 0.382 e. The summed E-state index contributed by atoms with van der Waals surface area (Å²) in [5, 5.41) is 8.94. The highest BCUT2D eigenvalue weighted by Gasteiger charge is 1.99. The number of halogens is 1. The van der Waals surface area contributed by atoms with Crippen LogP contribution in [-0.2, 0) is 0 Å². The third-order valence-electron chi connectivity index (χ3n) is 1.66. The van der Waals surface area contributed by atoms with E-state index in [1.54, 1.807) is 0 Å². The number of allylic oxidation sites excluding steroid dienone is 1. The van der Waals surface area contributed by atoms with E-state index in [1.165, 1.54) is 0 Å². The van der Waals surface area contributed by atoms with Crippen LogP contribution in [0.5, 0.6) is 0 Å². The number of benzene rings is 1. The predicted molar refractivity (Wildman–Crippen MR) is 61.4 cm³/mol. The van der Waals surface area contributed by atoms with Crippen molar-refractivity contribution in [1.82, 2.24) is 4.90 Å². The van der Waals surface area contributed by atoms with Crippen molar-refractivity contribution >= 4 is 21.5 Å². The molecule has 14 heavy (non-hydrogen) atoms. The van der Waals surface area contributed by atoms with Gasteiger partial charge in [-0.25, -0.2) is 0 Å². The second kappa shape index (κ2) is 4.83. The van der Waals surface area contributed by atoms with Crippen molar-refractivity contribution in [2.45, 2.75) is 0 Å². The molecule has 0 aromatic heterocycles. The Hall–Kier alpha value is -1.27. The Balaban J connectivity index is 3.03. The van der Waals surface area contributed by atoms with E-state index >= 15 is 0 Å². The van der Waals surface area contributed by atoms with Gasteiger partial charge in [0.15, 0.2) is 0 Å². The van der Waals surface area contributed by atoms with E-state index in [-0.39, 0.29) is 0 Å². The lowest BCUT2D eigenvalue weighted by Gasteiger charge is -2.06. The number of hydrogen-bond donors (Lipinski definition) is 0. The van der Waals surface area contributed by atoms with Gasteiger partial charge in [0.25, 0.3) is 0 Å². The van der Waals surface area contributed by atoms with Crippen LogP contribution in [-0.4, -0.2) is 19.0 Å². The van der Waals surface area contributed by atoms with E-state index in [0.717, 1.165) is 10.0 Å². The fraction of sp³-hybridized carbons (Fsp3) is 0.182. The van der Waals surface area contributed by atoms with Gasteiger partial charge >= 0.3 is 0 Å². The summed E-state index contributed by atoms with van der Waals surface area (Å²) in [6, 6.07) is 9.87. The SMILES string of the molecule is CN(C)/C=C(\C#N)c1ccc(Br)cc1. The third-order valence-corrected chi connectivity index (χ3v) is 2.19. The van der Waals surface area contributed by atoms with Crippen LogP contribution in [0.15, 0.2) is 34.9 Å². The van der Waals surface area contributed by atoms with Crippen molar-refractivity contribution in [1.29, 1.82) is 5.26 Å². The molecule has 1 aromatic carbocycles. The predicted octanol–water partition coefficient (Wildman–Crippen LogP) is 2.88. The van der Waals surface area contributed by atoms with Crippen molar-refractivity contribution in [2.24, 2.45) is 0 Å². The first-order valence-corrected chi connectivity index (χ1v) is 4.97. The lowest BCUT2D eigenvalue weighted by Crippen LogP contribution is -2.02. The van der Waals surface area contributed by atoms with E-state index in [2.05, 4.69) is 22.0 Å². The molecule has 1 rings (SSSR count). The van der Waals surface area contributed by atoms with E-state index < -0.39 is 0 Å². The van der Waals surface area contributed by atoms with Crippen molar-refractivity contribution < 1.29 is 0 Å². The second-order valence-electron chi connectivity index (χ2n) is 3.13. The van der Waals surface area contributed by atoms with Gasteiger partial charge in [0.2, 0.25) is 0 Å². The van der Waals surface area contributed by atoms with E-state index in [4.69, 9.17) is 5.26 Å². The summed E-state index contributed by atoms with van der Waals surface area (Å²) in [6.07, 6.45) is 1.81. The third kappa shape index (κ3) is 2.90. The average Bonchev–Trinajstić information content (AvgIpc) is 2.15. The maximum atomic E-state index is 8.94. The van der Waals surface area contributed by atoms with E-state index in [9.17, 15) is 0 Å². The molecule has 0 saturated carbocycles. The Morgan fingerprint density at radius 1 is 1.36 bits per heavy atom. The first kappa shape index (κ1) is 10.8. The minimum absolute atomic E-state index is 0.669. The van der Waals surface area contributed by atoms with E-state index in [0.29, 0.717) is 5.57 Å². The summed E-state index contributed by atoms with van der Waals surface area (Å²) in [6.45, 7) is 0. The van der Waals surface area contributed by atoms with Gasteiger partial charge < -0.3 is 4.90 Å². The lowest BCUT2D eigenvalue weighted by atomic mass is 10.1. The molecule has 0 amide bonds. The van der Waals surface area contributed by atoms with Crippen LogP contribution in [0.3, 0.4) is 0 Å². The Labute approximate surface area is 92.6 Å². The molecule has 0 radical (unpaired) electrons. The molecule has 0 fully saturated rings. The minimum atomic E-state index is 0.669. The van der Waals surface area contributed by atoms with Crippen LogP contribution in [0.2, 0.25) is 0 Å². The fourth-order valence-corrected chi connectivity index (χ4v) is 1.32. The zero-order valence-electron chi connectivity index (χ0n) is 8.16. The van der Waals surface area contributed by atoms with Crippen molar-refractivity contribution in [2.75, 3.05) is 14.1 Å².